The Kier molecular flexibility index (Phi) is 5.42. The number of morpholine rings is 1. The first-order valence-corrected chi connectivity index (χ1v) is 7.30. The van der Waals surface area contributed by atoms with Gasteiger partial charge in [0.25, 0.3) is 0 Å². The Hall–Kier alpha value is -0.160. The molecule has 2 aliphatic rings. The normalized spacial score (nSPS) is 24.3. The van der Waals surface area contributed by atoms with Gasteiger partial charge < -0.3 is 14.8 Å². The lowest BCUT2D eigenvalue weighted by atomic mass is 9.98. The van der Waals surface area contributed by atoms with Gasteiger partial charge in [-0.05, 0) is 39.2 Å². The van der Waals surface area contributed by atoms with Gasteiger partial charge in [-0.15, -0.1) is 0 Å². The summed E-state index contributed by atoms with van der Waals surface area (Å²) in [5, 5.41) is 3.65. The molecule has 0 atom stereocenters. The molecule has 0 unspecified atom stereocenters. The first kappa shape index (κ1) is 14.3. The summed E-state index contributed by atoms with van der Waals surface area (Å²) >= 11 is 0. The molecule has 106 valence electrons. The van der Waals surface area contributed by atoms with Crippen LogP contribution in [0.5, 0.6) is 0 Å². The number of nitrogens with one attached hydrogen (secondary N) is 1. The fourth-order valence-corrected chi connectivity index (χ4v) is 2.81. The molecule has 2 aliphatic heterocycles. The van der Waals surface area contributed by atoms with E-state index in [0.717, 1.165) is 58.5 Å². The van der Waals surface area contributed by atoms with Crippen LogP contribution in [0.15, 0.2) is 0 Å². The summed E-state index contributed by atoms with van der Waals surface area (Å²) in [5.41, 5.74) is 0.231. The number of nitrogens with zero attached hydrogens (tertiary/aromatic N) is 1. The van der Waals surface area contributed by atoms with Crippen molar-refractivity contribution in [3.8, 4) is 0 Å². The zero-order chi connectivity index (χ0) is 12.8. The zero-order valence-corrected chi connectivity index (χ0v) is 11.9. The van der Waals surface area contributed by atoms with Crippen LogP contribution in [0.1, 0.15) is 26.7 Å². The molecule has 0 aromatic carbocycles. The summed E-state index contributed by atoms with van der Waals surface area (Å²) in [7, 11) is 0. The van der Waals surface area contributed by atoms with Gasteiger partial charge in [-0.25, -0.2) is 0 Å². The third-order valence-corrected chi connectivity index (χ3v) is 4.20. The van der Waals surface area contributed by atoms with Crippen molar-refractivity contribution >= 4 is 0 Å². The standard InChI is InChI=1S/C14H28N2O2/c1-14(2,16-5-9-18-10-6-16)12-15-11-13-3-7-17-8-4-13/h13,15H,3-12H2,1-2H3. The van der Waals surface area contributed by atoms with E-state index in [1.165, 1.54) is 12.8 Å². The van der Waals surface area contributed by atoms with E-state index in [2.05, 4.69) is 24.1 Å². The Morgan fingerprint density at radius 2 is 1.67 bits per heavy atom. The highest BCUT2D eigenvalue weighted by atomic mass is 16.5. The molecule has 2 fully saturated rings. The van der Waals surface area contributed by atoms with Crippen molar-refractivity contribution in [2.75, 3.05) is 52.6 Å². The van der Waals surface area contributed by atoms with Crippen molar-refractivity contribution < 1.29 is 9.47 Å². The van der Waals surface area contributed by atoms with Crippen LogP contribution in [0.4, 0.5) is 0 Å². The van der Waals surface area contributed by atoms with Crippen molar-refractivity contribution in [2.24, 2.45) is 5.92 Å². The highest BCUT2D eigenvalue weighted by Crippen LogP contribution is 2.17. The van der Waals surface area contributed by atoms with E-state index in [-0.39, 0.29) is 5.54 Å². The molecule has 0 aromatic heterocycles. The predicted octanol–water partition coefficient (Wildman–Crippen LogP) is 1.11. The first-order valence-electron chi connectivity index (χ1n) is 7.30. The molecule has 0 bridgehead atoms. The first-order chi connectivity index (χ1) is 8.68. The van der Waals surface area contributed by atoms with E-state index in [0.29, 0.717) is 0 Å². The third kappa shape index (κ3) is 4.19. The highest BCUT2D eigenvalue weighted by molar-refractivity contribution is 4.85. The maximum Gasteiger partial charge on any atom is 0.0594 e. The third-order valence-electron chi connectivity index (χ3n) is 4.20. The van der Waals surface area contributed by atoms with Gasteiger partial charge in [-0.3, -0.25) is 4.90 Å². The fraction of sp³-hybridized carbons (Fsp3) is 1.00. The Morgan fingerprint density at radius 1 is 1.06 bits per heavy atom. The monoisotopic (exact) mass is 256 g/mol. The number of rotatable bonds is 5. The highest BCUT2D eigenvalue weighted by Gasteiger charge is 2.28. The van der Waals surface area contributed by atoms with Crippen LogP contribution in [0.3, 0.4) is 0 Å². The van der Waals surface area contributed by atoms with Crippen LogP contribution >= 0.6 is 0 Å². The molecule has 2 rings (SSSR count). The minimum Gasteiger partial charge on any atom is -0.381 e. The second kappa shape index (κ2) is 6.85. The van der Waals surface area contributed by atoms with E-state index < -0.39 is 0 Å². The van der Waals surface area contributed by atoms with Gasteiger partial charge in [0.2, 0.25) is 0 Å². The summed E-state index contributed by atoms with van der Waals surface area (Å²) in [6.07, 6.45) is 2.43. The predicted molar refractivity (Wildman–Crippen MR) is 72.9 cm³/mol. The smallest absolute Gasteiger partial charge is 0.0594 e. The Bertz CT molecular complexity index is 234. The molecule has 2 saturated heterocycles. The van der Waals surface area contributed by atoms with E-state index in [1.807, 2.05) is 0 Å². The van der Waals surface area contributed by atoms with Gasteiger partial charge in [0.1, 0.15) is 0 Å². The van der Waals surface area contributed by atoms with Crippen molar-refractivity contribution in [3.05, 3.63) is 0 Å². The van der Waals surface area contributed by atoms with Gasteiger partial charge in [-0.2, -0.15) is 0 Å². The average molecular weight is 256 g/mol. The molecule has 0 amide bonds. The molecule has 0 radical (unpaired) electrons. The quantitative estimate of drug-likeness (QED) is 0.799. The minimum absolute atomic E-state index is 0.231. The van der Waals surface area contributed by atoms with E-state index in [1.54, 1.807) is 0 Å². The molecule has 0 aliphatic carbocycles. The van der Waals surface area contributed by atoms with Gasteiger partial charge in [0.05, 0.1) is 13.2 Å². The molecule has 0 spiro atoms. The molecule has 4 heteroatoms. The van der Waals surface area contributed by atoms with Gasteiger partial charge >= 0.3 is 0 Å². The van der Waals surface area contributed by atoms with Gasteiger partial charge in [-0.1, -0.05) is 0 Å². The average Bonchev–Trinajstić information content (AvgIpc) is 2.41. The molecule has 18 heavy (non-hydrogen) atoms. The molecule has 0 saturated carbocycles. The van der Waals surface area contributed by atoms with Gasteiger partial charge in [0.15, 0.2) is 0 Å². The van der Waals surface area contributed by atoms with Crippen molar-refractivity contribution in [2.45, 2.75) is 32.2 Å². The van der Waals surface area contributed by atoms with Crippen LogP contribution in [0.2, 0.25) is 0 Å². The summed E-state index contributed by atoms with van der Waals surface area (Å²) < 4.78 is 10.8. The van der Waals surface area contributed by atoms with Crippen LogP contribution in [0, 0.1) is 5.92 Å². The van der Waals surface area contributed by atoms with Crippen LogP contribution < -0.4 is 5.32 Å². The second-order valence-electron chi connectivity index (χ2n) is 6.10. The molecule has 0 aromatic rings. The zero-order valence-electron chi connectivity index (χ0n) is 11.9. The number of hydrogen-bond acceptors (Lipinski definition) is 4. The fourth-order valence-electron chi connectivity index (χ4n) is 2.81. The maximum absolute atomic E-state index is 5.42. The maximum atomic E-state index is 5.42. The largest absolute Gasteiger partial charge is 0.381 e. The summed E-state index contributed by atoms with van der Waals surface area (Å²) in [4.78, 5) is 2.54. The molecule has 4 nitrogen and oxygen atoms in total. The summed E-state index contributed by atoms with van der Waals surface area (Å²) in [5.74, 6) is 0.805. The Morgan fingerprint density at radius 3 is 2.33 bits per heavy atom. The molecular formula is C14H28N2O2. The van der Waals surface area contributed by atoms with Crippen LogP contribution in [0.25, 0.3) is 0 Å². The van der Waals surface area contributed by atoms with Crippen molar-refractivity contribution in [1.29, 1.82) is 0 Å². The van der Waals surface area contributed by atoms with Crippen molar-refractivity contribution in [1.82, 2.24) is 10.2 Å². The van der Waals surface area contributed by atoms with Gasteiger partial charge in [0, 0.05) is 38.4 Å². The topological polar surface area (TPSA) is 33.7 Å². The number of ether oxygens (including phenoxy) is 2. The molecule has 2 heterocycles. The van der Waals surface area contributed by atoms with E-state index in [9.17, 15) is 0 Å². The number of hydrogen-bond donors (Lipinski definition) is 1. The lowest BCUT2D eigenvalue weighted by Gasteiger charge is -2.41. The molecular weight excluding hydrogens is 228 g/mol. The lowest BCUT2D eigenvalue weighted by Crippen LogP contribution is -2.55. The van der Waals surface area contributed by atoms with Crippen molar-refractivity contribution in [3.63, 3.8) is 0 Å². The second-order valence-corrected chi connectivity index (χ2v) is 6.10. The minimum atomic E-state index is 0.231. The summed E-state index contributed by atoms with van der Waals surface area (Å²) in [6.45, 7) is 12.6. The van der Waals surface area contributed by atoms with Crippen LogP contribution in [-0.4, -0.2) is 63.0 Å². The van der Waals surface area contributed by atoms with E-state index in [4.69, 9.17) is 9.47 Å². The molecule has 1 N–H and O–H groups in total. The SMILES string of the molecule is CC(C)(CNCC1CCOCC1)N1CCOCC1. The Labute approximate surface area is 111 Å². The van der Waals surface area contributed by atoms with Crippen LogP contribution in [-0.2, 0) is 9.47 Å². The lowest BCUT2D eigenvalue weighted by molar-refractivity contribution is -0.0103. The summed E-state index contributed by atoms with van der Waals surface area (Å²) in [6, 6.07) is 0. The van der Waals surface area contributed by atoms with E-state index >= 15 is 0 Å². The Balaban J connectivity index is 1.67.